The molecule has 0 fully saturated rings. The molecule has 1 unspecified atom stereocenters. The zero-order valence-corrected chi connectivity index (χ0v) is 11.3. The Kier molecular flexibility index (Phi) is 6.46. The van der Waals surface area contributed by atoms with Crippen molar-refractivity contribution in [3.05, 3.63) is 48.6 Å². The van der Waals surface area contributed by atoms with E-state index < -0.39 is 24.0 Å². The Balaban J connectivity index is 2.54. The second-order valence-electron chi connectivity index (χ2n) is 4.55. The largest absolute Gasteiger partial charge is 0.480 e. The molecule has 0 aromatic heterocycles. The van der Waals surface area contributed by atoms with E-state index in [0.29, 0.717) is 19.3 Å². The maximum atomic E-state index is 11.7. The number of nitrogens with two attached hydrogens (primary N) is 1. The number of carbonyl (C=O) groups excluding carboxylic acids is 1. The van der Waals surface area contributed by atoms with Crippen LogP contribution in [0.1, 0.15) is 18.4 Å². The predicted molar refractivity (Wildman–Crippen MR) is 77.1 cm³/mol. The van der Waals surface area contributed by atoms with E-state index in [2.05, 4.69) is 11.9 Å². The van der Waals surface area contributed by atoms with Crippen LogP contribution in [0.3, 0.4) is 0 Å². The fourth-order valence-electron chi connectivity index (χ4n) is 1.78. The van der Waals surface area contributed by atoms with Gasteiger partial charge >= 0.3 is 5.97 Å². The summed E-state index contributed by atoms with van der Waals surface area (Å²) in [5, 5.41) is 11.6. The molecule has 108 valence electrons. The van der Waals surface area contributed by atoms with Crippen LogP contribution in [0.25, 0.3) is 0 Å². The first kappa shape index (κ1) is 15.9. The summed E-state index contributed by atoms with van der Waals surface area (Å²) >= 11 is 0. The van der Waals surface area contributed by atoms with E-state index in [1.165, 1.54) is 6.08 Å². The molecule has 2 atom stereocenters. The third kappa shape index (κ3) is 5.24. The zero-order chi connectivity index (χ0) is 15.0. The Morgan fingerprint density at radius 1 is 1.35 bits per heavy atom. The van der Waals surface area contributed by atoms with E-state index in [1.54, 1.807) is 0 Å². The van der Waals surface area contributed by atoms with Crippen LogP contribution in [0, 0.1) is 0 Å². The highest BCUT2D eigenvalue weighted by Crippen LogP contribution is 2.06. The average Bonchev–Trinajstić information content (AvgIpc) is 2.44. The van der Waals surface area contributed by atoms with Crippen LogP contribution in [-0.2, 0) is 16.0 Å². The van der Waals surface area contributed by atoms with Crippen molar-refractivity contribution in [2.75, 3.05) is 0 Å². The number of aryl methyl sites for hydroxylation is 1. The van der Waals surface area contributed by atoms with Gasteiger partial charge in [-0.05, 0) is 24.8 Å². The molecule has 0 aliphatic carbocycles. The molecule has 0 aliphatic rings. The van der Waals surface area contributed by atoms with Crippen LogP contribution in [0.5, 0.6) is 0 Å². The molecule has 0 saturated carbocycles. The molecule has 4 N–H and O–H groups in total. The normalized spacial score (nSPS) is 13.2. The van der Waals surface area contributed by atoms with Gasteiger partial charge in [0.05, 0.1) is 6.04 Å². The van der Waals surface area contributed by atoms with Gasteiger partial charge in [-0.15, -0.1) is 6.58 Å². The highest BCUT2D eigenvalue weighted by atomic mass is 16.4. The lowest BCUT2D eigenvalue weighted by Gasteiger charge is -2.17. The molecule has 0 heterocycles. The summed E-state index contributed by atoms with van der Waals surface area (Å²) < 4.78 is 0. The quantitative estimate of drug-likeness (QED) is 0.620. The van der Waals surface area contributed by atoms with E-state index in [4.69, 9.17) is 10.8 Å². The summed E-state index contributed by atoms with van der Waals surface area (Å²) in [4.78, 5) is 22.9. The summed E-state index contributed by atoms with van der Waals surface area (Å²) in [6.45, 7) is 3.50. The van der Waals surface area contributed by atoms with Gasteiger partial charge in [-0.1, -0.05) is 36.4 Å². The van der Waals surface area contributed by atoms with Crippen molar-refractivity contribution in [2.24, 2.45) is 5.73 Å². The van der Waals surface area contributed by atoms with Crippen LogP contribution in [0.2, 0.25) is 0 Å². The number of rotatable bonds is 8. The lowest BCUT2D eigenvalue weighted by atomic mass is 10.0. The number of hydrogen-bond donors (Lipinski definition) is 3. The molecule has 5 heteroatoms. The fourth-order valence-corrected chi connectivity index (χ4v) is 1.78. The third-order valence-corrected chi connectivity index (χ3v) is 2.94. The average molecular weight is 276 g/mol. The molecule has 0 saturated heterocycles. The SMILES string of the molecule is C=CCC(N)C(=O)N[C@@H](CCc1ccccc1)C(=O)O. The van der Waals surface area contributed by atoms with Gasteiger partial charge in [0.15, 0.2) is 0 Å². The van der Waals surface area contributed by atoms with Gasteiger partial charge in [0.2, 0.25) is 5.91 Å². The number of aliphatic carboxylic acids is 1. The molecule has 20 heavy (non-hydrogen) atoms. The molecule has 0 radical (unpaired) electrons. The first-order valence-electron chi connectivity index (χ1n) is 6.48. The maximum absolute atomic E-state index is 11.7. The minimum absolute atomic E-state index is 0.316. The molecule has 1 aromatic rings. The number of hydrogen-bond acceptors (Lipinski definition) is 3. The van der Waals surface area contributed by atoms with Gasteiger partial charge < -0.3 is 16.2 Å². The van der Waals surface area contributed by atoms with E-state index in [9.17, 15) is 9.59 Å². The molecular formula is C15H20N2O3. The number of benzene rings is 1. The van der Waals surface area contributed by atoms with Crippen molar-refractivity contribution in [3.8, 4) is 0 Å². The Hall–Kier alpha value is -2.14. The Morgan fingerprint density at radius 3 is 2.55 bits per heavy atom. The molecule has 1 rings (SSSR count). The lowest BCUT2D eigenvalue weighted by molar-refractivity contribution is -0.142. The number of carbonyl (C=O) groups is 2. The van der Waals surface area contributed by atoms with Crippen molar-refractivity contribution in [1.82, 2.24) is 5.32 Å². The van der Waals surface area contributed by atoms with Gasteiger partial charge in [0.25, 0.3) is 0 Å². The topological polar surface area (TPSA) is 92.4 Å². The first-order valence-corrected chi connectivity index (χ1v) is 6.48. The molecular weight excluding hydrogens is 256 g/mol. The predicted octanol–water partition coefficient (Wildman–Crippen LogP) is 1.09. The van der Waals surface area contributed by atoms with Gasteiger partial charge in [-0.2, -0.15) is 0 Å². The second-order valence-corrected chi connectivity index (χ2v) is 4.55. The van der Waals surface area contributed by atoms with Crippen molar-refractivity contribution >= 4 is 11.9 Å². The van der Waals surface area contributed by atoms with E-state index in [1.807, 2.05) is 30.3 Å². The van der Waals surface area contributed by atoms with E-state index in [0.717, 1.165) is 5.56 Å². The van der Waals surface area contributed by atoms with Crippen molar-refractivity contribution in [1.29, 1.82) is 0 Å². The highest BCUT2D eigenvalue weighted by Gasteiger charge is 2.22. The van der Waals surface area contributed by atoms with Gasteiger partial charge in [-0.3, -0.25) is 4.79 Å². The van der Waals surface area contributed by atoms with Crippen LogP contribution < -0.4 is 11.1 Å². The summed E-state index contributed by atoms with van der Waals surface area (Å²) in [6, 6.07) is 7.83. The van der Waals surface area contributed by atoms with Gasteiger partial charge in [-0.25, -0.2) is 4.79 Å². The molecule has 0 aliphatic heterocycles. The Morgan fingerprint density at radius 2 is 2.00 bits per heavy atom. The number of nitrogens with one attached hydrogen (secondary N) is 1. The molecule has 5 nitrogen and oxygen atoms in total. The zero-order valence-electron chi connectivity index (χ0n) is 11.3. The number of amides is 1. The minimum Gasteiger partial charge on any atom is -0.480 e. The van der Waals surface area contributed by atoms with Crippen LogP contribution in [0.4, 0.5) is 0 Å². The second kappa shape index (κ2) is 8.12. The molecule has 0 bridgehead atoms. The Bertz CT molecular complexity index is 459. The standard InChI is InChI=1S/C15H20N2O3/c1-2-6-12(16)14(18)17-13(15(19)20)10-9-11-7-4-3-5-8-11/h2-5,7-8,12-13H,1,6,9-10,16H2,(H,17,18)(H,19,20)/t12?,13-/m0/s1. The van der Waals surface area contributed by atoms with E-state index in [-0.39, 0.29) is 0 Å². The fraction of sp³-hybridized carbons (Fsp3) is 0.333. The molecule has 1 aromatic carbocycles. The van der Waals surface area contributed by atoms with E-state index >= 15 is 0 Å². The maximum Gasteiger partial charge on any atom is 0.326 e. The Labute approximate surface area is 118 Å². The van der Waals surface area contributed by atoms with Crippen LogP contribution >= 0.6 is 0 Å². The van der Waals surface area contributed by atoms with Crippen molar-refractivity contribution in [2.45, 2.75) is 31.3 Å². The minimum atomic E-state index is -1.06. The smallest absolute Gasteiger partial charge is 0.326 e. The summed E-state index contributed by atoms with van der Waals surface area (Å²) in [6.07, 6.45) is 2.75. The summed E-state index contributed by atoms with van der Waals surface area (Å²) in [5.41, 5.74) is 6.64. The highest BCUT2D eigenvalue weighted by molar-refractivity contribution is 5.86. The van der Waals surface area contributed by atoms with Crippen molar-refractivity contribution < 1.29 is 14.7 Å². The van der Waals surface area contributed by atoms with Crippen molar-refractivity contribution in [3.63, 3.8) is 0 Å². The number of carboxylic acids is 1. The van der Waals surface area contributed by atoms with Crippen LogP contribution in [-0.4, -0.2) is 29.1 Å². The summed E-state index contributed by atoms with van der Waals surface area (Å²) in [5.74, 6) is -1.52. The third-order valence-electron chi connectivity index (χ3n) is 2.94. The van der Waals surface area contributed by atoms with Gasteiger partial charge in [0.1, 0.15) is 6.04 Å². The van der Waals surface area contributed by atoms with Crippen LogP contribution in [0.15, 0.2) is 43.0 Å². The lowest BCUT2D eigenvalue weighted by Crippen LogP contribution is -2.48. The monoisotopic (exact) mass is 276 g/mol. The first-order chi connectivity index (χ1) is 9.54. The number of carboxylic acid groups (broad SMARTS) is 1. The molecule has 1 amide bonds. The van der Waals surface area contributed by atoms with Gasteiger partial charge in [0, 0.05) is 0 Å². The summed E-state index contributed by atoms with van der Waals surface area (Å²) in [7, 11) is 0. The molecule has 0 spiro atoms.